The van der Waals surface area contributed by atoms with Gasteiger partial charge in [-0.2, -0.15) is 0 Å². The Bertz CT molecular complexity index is 1370. The predicted molar refractivity (Wildman–Crippen MR) is 174 cm³/mol. The first kappa shape index (κ1) is 35.6. The SMILES string of the molecule is CC(=O)Nc1nc(CCc2ccc(NC(NC(=O)O)(N(C(=O)O)C(C)(C)C)C(C)(C)C)cc2)c(CN2CCC(C(N)=O)CC2)s1. The molecule has 1 unspecified atom stereocenters. The van der Waals surface area contributed by atoms with Crippen molar-refractivity contribution in [1.82, 2.24) is 20.1 Å². The van der Waals surface area contributed by atoms with Gasteiger partial charge in [-0.1, -0.05) is 32.9 Å². The molecule has 4 amide bonds. The van der Waals surface area contributed by atoms with E-state index >= 15 is 0 Å². The number of carboxylic acid groups (broad SMARTS) is 2. The van der Waals surface area contributed by atoms with Crippen LogP contribution in [-0.2, 0) is 29.0 Å². The number of piperidine rings is 1. The zero-order valence-corrected chi connectivity index (χ0v) is 28.0. The Hall–Kier alpha value is -3.91. The van der Waals surface area contributed by atoms with Crippen molar-refractivity contribution in [2.75, 3.05) is 23.7 Å². The van der Waals surface area contributed by atoms with Gasteiger partial charge in [-0.15, -0.1) is 11.3 Å². The molecule has 3 rings (SSSR count). The summed E-state index contributed by atoms with van der Waals surface area (Å²) in [5.74, 6) is -2.24. The Labute approximate surface area is 268 Å². The molecule has 0 spiro atoms. The zero-order valence-electron chi connectivity index (χ0n) is 27.2. The number of nitrogens with zero attached hydrogens (tertiary/aromatic N) is 3. The lowest BCUT2D eigenvalue weighted by Gasteiger charge is -2.55. The summed E-state index contributed by atoms with van der Waals surface area (Å²) in [5, 5.41) is 29.1. The van der Waals surface area contributed by atoms with E-state index < -0.39 is 28.9 Å². The van der Waals surface area contributed by atoms with Crippen LogP contribution >= 0.6 is 11.3 Å². The second kappa shape index (κ2) is 14.0. The van der Waals surface area contributed by atoms with Crippen LogP contribution in [0, 0.1) is 11.3 Å². The van der Waals surface area contributed by atoms with E-state index in [0.29, 0.717) is 30.2 Å². The van der Waals surface area contributed by atoms with Gasteiger partial charge in [0.15, 0.2) is 5.13 Å². The van der Waals surface area contributed by atoms with Gasteiger partial charge in [0.2, 0.25) is 17.6 Å². The summed E-state index contributed by atoms with van der Waals surface area (Å²) in [6.45, 7) is 14.1. The van der Waals surface area contributed by atoms with E-state index in [-0.39, 0.29) is 17.7 Å². The fourth-order valence-electron chi connectivity index (χ4n) is 5.65. The minimum absolute atomic E-state index is 0.0938. The molecule has 1 saturated heterocycles. The fraction of sp³-hybridized carbons (Fsp3) is 0.581. The number of nitrogens with two attached hydrogens (primary N) is 1. The third kappa shape index (κ3) is 9.07. The number of hydrogen-bond donors (Lipinski definition) is 6. The lowest BCUT2D eigenvalue weighted by molar-refractivity contribution is -0.123. The van der Waals surface area contributed by atoms with E-state index in [2.05, 4.69) is 20.9 Å². The zero-order chi connectivity index (χ0) is 33.7. The van der Waals surface area contributed by atoms with Crippen LogP contribution in [-0.4, -0.2) is 73.4 Å². The molecular weight excluding hydrogens is 598 g/mol. The van der Waals surface area contributed by atoms with Crippen LogP contribution < -0.4 is 21.7 Å². The molecule has 0 bridgehead atoms. The van der Waals surface area contributed by atoms with Gasteiger partial charge in [0.05, 0.1) is 5.69 Å². The van der Waals surface area contributed by atoms with Crippen LogP contribution in [0.15, 0.2) is 24.3 Å². The van der Waals surface area contributed by atoms with E-state index in [9.17, 15) is 29.4 Å². The number of aromatic nitrogens is 1. The van der Waals surface area contributed by atoms with E-state index in [1.165, 1.54) is 18.3 Å². The molecule has 7 N–H and O–H groups in total. The van der Waals surface area contributed by atoms with Crippen LogP contribution in [0.3, 0.4) is 0 Å². The first-order valence-corrected chi connectivity index (χ1v) is 15.8. The molecule has 45 heavy (non-hydrogen) atoms. The molecule has 1 aromatic carbocycles. The summed E-state index contributed by atoms with van der Waals surface area (Å²) in [7, 11) is 0. The molecule has 1 aromatic heterocycles. The Balaban J connectivity index is 1.81. The Morgan fingerprint density at radius 3 is 2.09 bits per heavy atom. The van der Waals surface area contributed by atoms with Crippen molar-refractivity contribution >= 4 is 46.2 Å². The first-order chi connectivity index (χ1) is 20.8. The third-order valence-electron chi connectivity index (χ3n) is 7.92. The second-order valence-corrected chi connectivity index (χ2v) is 14.6. The fourth-order valence-corrected chi connectivity index (χ4v) is 6.75. The lowest BCUT2D eigenvalue weighted by Crippen LogP contribution is -2.76. The van der Waals surface area contributed by atoms with E-state index in [4.69, 9.17) is 10.7 Å². The largest absolute Gasteiger partial charge is 0.465 e. The highest BCUT2D eigenvalue weighted by atomic mass is 32.1. The van der Waals surface area contributed by atoms with Crippen molar-refractivity contribution in [3.63, 3.8) is 0 Å². The first-order valence-electron chi connectivity index (χ1n) is 15.0. The maximum atomic E-state index is 12.5. The maximum absolute atomic E-state index is 12.5. The van der Waals surface area contributed by atoms with Crippen LogP contribution in [0.2, 0.25) is 0 Å². The molecule has 0 radical (unpaired) electrons. The topological polar surface area (TPSA) is 190 Å². The second-order valence-electron chi connectivity index (χ2n) is 13.5. The van der Waals surface area contributed by atoms with Crippen molar-refractivity contribution < 1.29 is 29.4 Å². The number of anilines is 2. The standard InChI is InChI=1S/C31H47N7O6S/c1-19(39)33-26-34-23(24(45-26)18-37-16-14-21(15-17-37)25(32)40)13-10-20-8-11-22(12-9-20)35-31(29(2,3)4,36-27(41)42)38(28(43)44)30(5,6)7/h8-9,11-12,21,35-36H,10,13-18H2,1-7H3,(H2,32,40)(H,41,42)(H,43,44)(H,33,34,39). The molecule has 0 saturated carbocycles. The Kier molecular flexibility index (Phi) is 11.1. The van der Waals surface area contributed by atoms with Crippen molar-refractivity contribution in [2.24, 2.45) is 17.1 Å². The van der Waals surface area contributed by atoms with Gasteiger partial charge >= 0.3 is 12.2 Å². The van der Waals surface area contributed by atoms with Crippen LogP contribution in [0.1, 0.15) is 77.4 Å². The molecule has 1 fully saturated rings. The Morgan fingerprint density at radius 2 is 1.62 bits per heavy atom. The molecule has 13 nitrogen and oxygen atoms in total. The number of aryl methyl sites for hydroxylation is 2. The van der Waals surface area contributed by atoms with Crippen LogP contribution in [0.25, 0.3) is 0 Å². The van der Waals surface area contributed by atoms with Crippen molar-refractivity contribution in [3.8, 4) is 0 Å². The minimum Gasteiger partial charge on any atom is -0.465 e. The maximum Gasteiger partial charge on any atom is 0.411 e. The molecule has 14 heteroatoms. The highest BCUT2D eigenvalue weighted by Crippen LogP contribution is 2.39. The molecule has 1 aliphatic rings. The molecule has 2 aromatic rings. The quantitative estimate of drug-likeness (QED) is 0.187. The number of amides is 4. The van der Waals surface area contributed by atoms with Crippen molar-refractivity contribution in [3.05, 3.63) is 40.4 Å². The molecule has 1 atom stereocenters. The monoisotopic (exact) mass is 645 g/mol. The van der Waals surface area contributed by atoms with Gasteiger partial charge in [-0.25, -0.2) is 14.6 Å². The molecule has 1 aliphatic heterocycles. The number of carbonyl (C=O) groups excluding carboxylic acids is 2. The smallest absolute Gasteiger partial charge is 0.411 e. The number of primary amides is 1. The summed E-state index contributed by atoms with van der Waals surface area (Å²) in [6, 6.07) is 7.42. The van der Waals surface area contributed by atoms with Crippen LogP contribution in [0.5, 0.6) is 0 Å². The highest BCUT2D eigenvalue weighted by Gasteiger charge is 2.54. The number of nitrogens with one attached hydrogen (secondary N) is 3. The van der Waals surface area contributed by atoms with Crippen LogP contribution in [0.4, 0.5) is 20.4 Å². The number of thiazole rings is 1. The van der Waals surface area contributed by atoms with Gasteiger partial charge in [0.25, 0.3) is 0 Å². The lowest BCUT2D eigenvalue weighted by atomic mass is 9.82. The number of hydrogen-bond acceptors (Lipinski definition) is 8. The molecular formula is C31H47N7O6S. The van der Waals surface area contributed by atoms with Gasteiger partial charge in [-0.05, 0) is 77.2 Å². The third-order valence-corrected chi connectivity index (χ3v) is 8.92. The number of rotatable bonds is 11. The summed E-state index contributed by atoms with van der Waals surface area (Å²) >= 11 is 1.45. The Morgan fingerprint density at radius 1 is 1.02 bits per heavy atom. The van der Waals surface area contributed by atoms with Gasteiger partial charge in [-0.3, -0.25) is 24.7 Å². The summed E-state index contributed by atoms with van der Waals surface area (Å²) in [5.41, 5.74) is 6.07. The molecule has 248 valence electrons. The summed E-state index contributed by atoms with van der Waals surface area (Å²) < 4.78 is 0. The predicted octanol–water partition coefficient (Wildman–Crippen LogP) is 4.74. The average molecular weight is 646 g/mol. The molecule has 0 aliphatic carbocycles. The summed E-state index contributed by atoms with van der Waals surface area (Å²) in [4.78, 5) is 57.0. The highest BCUT2D eigenvalue weighted by molar-refractivity contribution is 7.15. The van der Waals surface area contributed by atoms with Gasteiger partial charge in [0, 0.05) is 40.9 Å². The number of benzene rings is 1. The van der Waals surface area contributed by atoms with Gasteiger partial charge in [0.1, 0.15) is 0 Å². The van der Waals surface area contributed by atoms with E-state index in [1.54, 1.807) is 53.7 Å². The molecule has 2 heterocycles. The van der Waals surface area contributed by atoms with Gasteiger partial charge < -0.3 is 26.6 Å². The van der Waals surface area contributed by atoms with E-state index in [0.717, 1.165) is 47.0 Å². The average Bonchev–Trinajstić information content (AvgIpc) is 3.26. The van der Waals surface area contributed by atoms with Crippen molar-refractivity contribution in [1.29, 1.82) is 0 Å². The number of carbonyl (C=O) groups is 4. The van der Waals surface area contributed by atoms with Crippen molar-refractivity contribution in [2.45, 2.75) is 92.0 Å². The normalized spacial score (nSPS) is 16.0. The minimum atomic E-state index is -1.70. The summed E-state index contributed by atoms with van der Waals surface area (Å²) in [6.07, 6.45) is 0.0900. The number of likely N-dealkylation sites (tertiary alicyclic amines) is 1. The van der Waals surface area contributed by atoms with E-state index in [1.807, 2.05) is 12.1 Å².